The summed E-state index contributed by atoms with van der Waals surface area (Å²) in [5.41, 5.74) is 2.33. The van der Waals surface area contributed by atoms with Crippen molar-refractivity contribution in [2.45, 2.75) is 13.8 Å². The third-order valence-electron chi connectivity index (χ3n) is 3.71. The number of carbonyl (C=O) groups is 2. The van der Waals surface area contributed by atoms with E-state index in [1.165, 1.54) is 10.4 Å². The Morgan fingerprint density at radius 3 is 2.31 bits per heavy atom. The maximum Gasteiger partial charge on any atom is 0.328 e. The average molecular weight is 433 g/mol. The molecule has 0 radical (unpaired) electrons. The number of carboxylic acid groups (broad SMARTS) is 2. The number of carboxylic acids is 2. The van der Waals surface area contributed by atoms with Crippen molar-refractivity contribution < 1.29 is 19.8 Å². The van der Waals surface area contributed by atoms with E-state index in [9.17, 15) is 9.59 Å². The summed E-state index contributed by atoms with van der Waals surface area (Å²) in [5.74, 6) is -1.96. The molecule has 0 bridgehead atoms. The van der Waals surface area contributed by atoms with Gasteiger partial charge in [0.2, 0.25) is 0 Å². The van der Waals surface area contributed by atoms with Crippen LogP contribution in [-0.2, 0) is 9.59 Å². The Morgan fingerprint density at radius 1 is 1.14 bits per heavy atom. The second-order valence-electron chi connectivity index (χ2n) is 6.45. The largest absolute Gasteiger partial charge is 0.478 e. The minimum Gasteiger partial charge on any atom is -0.478 e. The number of aromatic nitrogens is 1. The molecule has 152 valence electrons. The van der Waals surface area contributed by atoms with Gasteiger partial charge in [0.25, 0.3) is 0 Å². The molecule has 0 spiro atoms. The molecule has 0 fully saturated rings. The summed E-state index contributed by atoms with van der Waals surface area (Å²) >= 11 is 8.18. The summed E-state index contributed by atoms with van der Waals surface area (Å²) < 4.78 is 1.22. The Morgan fingerprint density at radius 2 is 1.76 bits per heavy atom. The standard InChI is InChI=1S/C17H17ClN2S.C4H4O4/c1-12(2)10-20(13-6-8-19-9-7-13)15-11-21-16-5-3-4-14(18)17(15)16;5-3(6)1-2-4(7)8/h3-9,11-12H,10H2,1-2H3;1-2H,(H,5,6)(H,7,8). The molecular formula is C21H21ClN2O4S. The van der Waals surface area contributed by atoms with Crippen molar-refractivity contribution in [2.24, 2.45) is 5.92 Å². The van der Waals surface area contributed by atoms with Gasteiger partial charge in [-0.2, -0.15) is 0 Å². The molecule has 0 unspecified atom stereocenters. The average Bonchev–Trinajstić information content (AvgIpc) is 3.11. The smallest absolute Gasteiger partial charge is 0.328 e. The molecule has 0 atom stereocenters. The van der Waals surface area contributed by atoms with E-state index in [2.05, 4.69) is 35.2 Å². The van der Waals surface area contributed by atoms with E-state index in [1.807, 2.05) is 36.7 Å². The zero-order chi connectivity index (χ0) is 21.4. The summed E-state index contributed by atoms with van der Waals surface area (Å²) in [6.45, 7) is 5.40. The minimum atomic E-state index is -1.26. The number of hydrogen-bond acceptors (Lipinski definition) is 5. The zero-order valence-electron chi connectivity index (χ0n) is 15.9. The highest BCUT2D eigenvalue weighted by atomic mass is 35.5. The fourth-order valence-corrected chi connectivity index (χ4v) is 3.90. The Balaban J connectivity index is 0.000000321. The number of nitrogens with zero attached hydrogens (tertiary/aromatic N) is 2. The van der Waals surface area contributed by atoms with Crippen molar-refractivity contribution in [2.75, 3.05) is 11.4 Å². The van der Waals surface area contributed by atoms with E-state index in [1.54, 1.807) is 11.3 Å². The van der Waals surface area contributed by atoms with E-state index >= 15 is 0 Å². The molecule has 29 heavy (non-hydrogen) atoms. The second-order valence-corrected chi connectivity index (χ2v) is 7.77. The number of aliphatic carboxylic acids is 2. The molecule has 0 aliphatic carbocycles. The maximum atomic E-state index is 9.55. The molecular weight excluding hydrogens is 412 g/mol. The lowest BCUT2D eigenvalue weighted by Crippen LogP contribution is -2.22. The van der Waals surface area contributed by atoms with Crippen molar-refractivity contribution in [3.63, 3.8) is 0 Å². The van der Waals surface area contributed by atoms with Gasteiger partial charge >= 0.3 is 11.9 Å². The van der Waals surface area contributed by atoms with Crippen LogP contribution in [0.1, 0.15) is 13.8 Å². The van der Waals surface area contributed by atoms with Gasteiger partial charge in [0.15, 0.2) is 0 Å². The number of hydrogen-bond donors (Lipinski definition) is 2. The van der Waals surface area contributed by atoms with Crippen LogP contribution < -0.4 is 4.90 Å². The number of fused-ring (bicyclic) bond motifs is 1. The monoisotopic (exact) mass is 432 g/mol. The molecule has 0 saturated carbocycles. The second kappa shape index (κ2) is 10.6. The maximum absolute atomic E-state index is 9.55. The van der Waals surface area contributed by atoms with Crippen molar-refractivity contribution in [3.05, 3.63) is 65.3 Å². The molecule has 0 amide bonds. The topological polar surface area (TPSA) is 90.7 Å². The normalized spacial score (nSPS) is 10.8. The number of thiophene rings is 1. The van der Waals surface area contributed by atoms with Crippen LogP contribution in [0, 0.1) is 5.92 Å². The van der Waals surface area contributed by atoms with Crippen molar-refractivity contribution in [1.29, 1.82) is 0 Å². The summed E-state index contributed by atoms with van der Waals surface area (Å²) in [6, 6.07) is 10.2. The van der Waals surface area contributed by atoms with Crippen molar-refractivity contribution >= 4 is 56.3 Å². The molecule has 2 aromatic heterocycles. The molecule has 0 saturated heterocycles. The van der Waals surface area contributed by atoms with E-state index in [0.717, 1.165) is 22.6 Å². The van der Waals surface area contributed by atoms with Gasteiger partial charge in [-0.25, -0.2) is 9.59 Å². The van der Waals surface area contributed by atoms with Crippen LogP contribution in [0.2, 0.25) is 5.02 Å². The molecule has 2 N–H and O–H groups in total. The van der Waals surface area contributed by atoms with Gasteiger partial charge < -0.3 is 15.1 Å². The van der Waals surface area contributed by atoms with Gasteiger partial charge in [0.1, 0.15) is 0 Å². The molecule has 0 aliphatic heterocycles. The van der Waals surface area contributed by atoms with E-state index < -0.39 is 11.9 Å². The third-order valence-corrected chi connectivity index (χ3v) is 4.96. The first-order valence-corrected chi connectivity index (χ1v) is 10.0. The number of halogens is 1. The van der Waals surface area contributed by atoms with Crippen LogP contribution >= 0.6 is 22.9 Å². The lowest BCUT2D eigenvalue weighted by molar-refractivity contribution is -0.134. The number of rotatable bonds is 6. The van der Waals surface area contributed by atoms with Crippen LogP contribution in [0.4, 0.5) is 11.4 Å². The fraction of sp³-hybridized carbons (Fsp3) is 0.190. The summed E-state index contributed by atoms with van der Waals surface area (Å²) in [4.78, 5) is 25.6. The van der Waals surface area contributed by atoms with Gasteiger partial charge in [-0.1, -0.05) is 31.5 Å². The van der Waals surface area contributed by atoms with Crippen molar-refractivity contribution in [3.8, 4) is 0 Å². The Kier molecular flexibility index (Phi) is 8.18. The molecule has 6 nitrogen and oxygen atoms in total. The molecule has 8 heteroatoms. The predicted molar refractivity (Wildman–Crippen MR) is 117 cm³/mol. The van der Waals surface area contributed by atoms with Gasteiger partial charge in [-0.15, -0.1) is 11.3 Å². The first kappa shape index (κ1) is 22.4. The quantitative estimate of drug-likeness (QED) is 0.503. The molecule has 2 heterocycles. The molecule has 1 aromatic carbocycles. The van der Waals surface area contributed by atoms with Crippen LogP contribution in [0.15, 0.2) is 60.3 Å². The van der Waals surface area contributed by atoms with Gasteiger partial charge in [0.05, 0.1) is 10.7 Å². The summed E-state index contributed by atoms with van der Waals surface area (Å²) in [5, 5.41) is 19.8. The van der Waals surface area contributed by atoms with Gasteiger partial charge in [-0.05, 0) is 30.2 Å². The molecule has 3 aromatic rings. The Bertz CT molecular complexity index is 986. The lowest BCUT2D eigenvalue weighted by Gasteiger charge is -2.26. The van der Waals surface area contributed by atoms with Crippen LogP contribution in [0.3, 0.4) is 0 Å². The van der Waals surface area contributed by atoms with Gasteiger partial charge in [-0.3, -0.25) is 4.98 Å². The summed E-state index contributed by atoms with van der Waals surface area (Å²) in [6.07, 6.45) is 4.78. The fourth-order valence-electron chi connectivity index (χ4n) is 2.60. The highest BCUT2D eigenvalue weighted by molar-refractivity contribution is 7.18. The third kappa shape index (κ3) is 6.58. The SMILES string of the molecule is CC(C)CN(c1ccncc1)c1csc2cccc(Cl)c12.O=C(O)C=CC(=O)O. The number of anilines is 2. The van der Waals surface area contributed by atoms with E-state index in [-0.39, 0.29) is 0 Å². The molecule has 0 aliphatic rings. The first-order chi connectivity index (χ1) is 13.8. The highest BCUT2D eigenvalue weighted by Crippen LogP contribution is 2.40. The van der Waals surface area contributed by atoms with Crippen LogP contribution in [0.5, 0.6) is 0 Å². The highest BCUT2D eigenvalue weighted by Gasteiger charge is 2.17. The first-order valence-electron chi connectivity index (χ1n) is 8.76. The number of benzene rings is 1. The van der Waals surface area contributed by atoms with Crippen LogP contribution in [0.25, 0.3) is 10.1 Å². The zero-order valence-corrected chi connectivity index (χ0v) is 17.5. The molecule has 3 rings (SSSR count). The van der Waals surface area contributed by atoms with E-state index in [0.29, 0.717) is 18.1 Å². The van der Waals surface area contributed by atoms with Gasteiger partial charge in [0, 0.05) is 52.2 Å². The van der Waals surface area contributed by atoms with Crippen LogP contribution in [-0.4, -0.2) is 33.7 Å². The Hall–Kier alpha value is -2.90. The minimum absolute atomic E-state index is 0.551. The number of pyridine rings is 1. The van der Waals surface area contributed by atoms with Crippen molar-refractivity contribution in [1.82, 2.24) is 4.98 Å². The predicted octanol–water partition coefficient (Wildman–Crippen LogP) is 5.46. The Labute approximate surface area is 177 Å². The summed E-state index contributed by atoms with van der Waals surface area (Å²) in [7, 11) is 0. The van der Waals surface area contributed by atoms with E-state index in [4.69, 9.17) is 21.8 Å². The lowest BCUT2D eigenvalue weighted by atomic mass is 10.1.